The highest BCUT2D eigenvalue weighted by molar-refractivity contribution is 6.36. The summed E-state index contributed by atoms with van der Waals surface area (Å²) in [4.78, 5) is 40.8. The van der Waals surface area contributed by atoms with Crippen LogP contribution in [0.15, 0.2) is 34.5 Å². The SMILES string of the molecule is CCOC(=O)C1=NO[C@@H](Cc2c(/C=N\NC(=O)c3ccccc3[N+](=O)[O-])c3c(c(OC)c2OC)OCO3)C1. The molecule has 2 heterocycles. The third kappa shape index (κ3) is 5.14. The highest BCUT2D eigenvalue weighted by Gasteiger charge is 2.34. The van der Waals surface area contributed by atoms with E-state index in [9.17, 15) is 19.7 Å². The van der Waals surface area contributed by atoms with Crippen molar-refractivity contribution >= 4 is 29.5 Å². The van der Waals surface area contributed by atoms with Crippen LogP contribution in [0.3, 0.4) is 0 Å². The van der Waals surface area contributed by atoms with E-state index in [1.165, 1.54) is 44.7 Å². The number of oxime groups is 1. The van der Waals surface area contributed by atoms with Gasteiger partial charge < -0.3 is 28.5 Å². The van der Waals surface area contributed by atoms with Crippen LogP contribution in [0, 0.1) is 10.1 Å². The fourth-order valence-electron chi connectivity index (χ4n) is 4.03. The number of esters is 1. The van der Waals surface area contributed by atoms with Crippen LogP contribution in [-0.2, 0) is 20.8 Å². The van der Waals surface area contributed by atoms with E-state index in [2.05, 4.69) is 15.7 Å². The zero-order valence-corrected chi connectivity index (χ0v) is 20.7. The minimum atomic E-state index is -0.781. The van der Waals surface area contributed by atoms with Crippen molar-refractivity contribution in [3.05, 3.63) is 51.1 Å². The molecule has 0 aliphatic carbocycles. The molecule has 0 unspecified atom stereocenters. The smallest absolute Gasteiger partial charge is 0.356 e. The zero-order valence-electron chi connectivity index (χ0n) is 20.7. The number of carbonyl (C=O) groups is 2. The second kappa shape index (κ2) is 11.5. The van der Waals surface area contributed by atoms with E-state index in [1.807, 2.05) is 0 Å². The average Bonchev–Trinajstić information content (AvgIpc) is 3.59. The van der Waals surface area contributed by atoms with Gasteiger partial charge in [0.1, 0.15) is 11.7 Å². The molecule has 2 aromatic carbocycles. The quantitative estimate of drug-likeness (QED) is 0.209. The molecule has 1 amide bonds. The molecule has 1 N–H and O–H groups in total. The molecule has 14 nitrogen and oxygen atoms in total. The van der Waals surface area contributed by atoms with Gasteiger partial charge in [-0.3, -0.25) is 14.9 Å². The number of fused-ring (bicyclic) bond motifs is 1. The van der Waals surface area contributed by atoms with Crippen molar-refractivity contribution in [3.63, 3.8) is 0 Å². The molecule has 0 spiro atoms. The zero-order chi connectivity index (χ0) is 27.2. The molecule has 2 aliphatic heterocycles. The van der Waals surface area contributed by atoms with Crippen LogP contribution in [0.1, 0.15) is 34.8 Å². The van der Waals surface area contributed by atoms with Crippen molar-refractivity contribution in [3.8, 4) is 23.0 Å². The van der Waals surface area contributed by atoms with E-state index < -0.39 is 22.9 Å². The van der Waals surface area contributed by atoms with Crippen molar-refractivity contribution in [1.82, 2.24) is 5.43 Å². The second-order valence-electron chi connectivity index (χ2n) is 7.89. The molecular weight excluding hydrogens is 504 g/mol. The summed E-state index contributed by atoms with van der Waals surface area (Å²) in [5.74, 6) is -0.209. The number of para-hydroxylation sites is 1. The standard InChI is InChI=1S/C24H24N4O10/c1-4-35-24(30)17-10-13(38-27-17)9-15-16(20-22(37-12-36-20)21(34-3)19(15)33-2)11-25-26-23(29)14-7-5-6-8-18(14)28(31)32/h5-8,11,13H,4,9-10,12H2,1-3H3,(H,26,29)/b25-11-/t13-/m0/s1. The van der Waals surface area contributed by atoms with E-state index >= 15 is 0 Å². The van der Waals surface area contributed by atoms with Crippen molar-refractivity contribution < 1.29 is 43.0 Å². The number of nitrogens with one attached hydrogen (secondary N) is 1. The summed E-state index contributed by atoms with van der Waals surface area (Å²) in [5.41, 5.74) is 2.83. The van der Waals surface area contributed by atoms with Gasteiger partial charge in [0.15, 0.2) is 17.2 Å². The summed E-state index contributed by atoms with van der Waals surface area (Å²) >= 11 is 0. The topological polar surface area (TPSA) is 169 Å². The van der Waals surface area contributed by atoms with Gasteiger partial charge in [-0.1, -0.05) is 17.3 Å². The Balaban J connectivity index is 1.65. The van der Waals surface area contributed by atoms with Crippen LogP contribution in [0.4, 0.5) is 5.69 Å². The Labute approximate surface area is 216 Å². The Morgan fingerprint density at radius 1 is 1.21 bits per heavy atom. The molecule has 0 fully saturated rings. The molecule has 0 saturated heterocycles. The van der Waals surface area contributed by atoms with E-state index in [1.54, 1.807) is 6.92 Å². The van der Waals surface area contributed by atoms with Gasteiger partial charge in [0.05, 0.1) is 32.0 Å². The molecule has 0 bridgehead atoms. The van der Waals surface area contributed by atoms with E-state index in [0.717, 1.165) is 0 Å². The lowest BCUT2D eigenvalue weighted by Crippen LogP contribution is -2.20. The summed E-state index contributed by atoms with van der Waals surface area (Å²) in [6.07, 6.45) is 1.12. The maximum absolute atomic E-state index is 12.6. The molecule has 0 radical (unpaired) electrons. The number of methoxy groups -OCH3 is 2. The number of ether oxygens (including phenoxy) is 5. The number of carbonyl (C=O) groups excluding carboxylic acids is 2. The van der Waals surface area contributed by atoms with Crippen molar-refractivity contribution in [2.24, 2.45) is 10.3 Å². The fraction of sp³-hybridized carbons (Fsp3) is 0.333. The second-order valence-corrected chi connectivity index (χ2v) is 7.89. The molecule has 0 saturated carbocycles. The van der Waals surface area contributed by atoms with E-state index in [0.29, 0.717) is 16.9 Å². The van der Waals surface area contributed by atoms with E-state index in [-0.39, 0.29) is 60.5 Å². The van der Waals surface area contributed by atoms with Gasteiger partial charge in [0.25, 0.3) is 11.6 Å². The van der Waals surface area contributed by atoms with E-state index in [4.69, 9.17) is 28.5 Å². The van der Waals surface area contributed by atoms with Gasteiger partial charge in [-0.25, -0.2) is 10.2 Å². The Bertz CT molecular complexity index is 1320. The number of nitro groups is 1. The predicted molar refractivity (Wildman–Crippen MR) is 131 cm³/mol. The minimum absolute atomic E-state index is 0.0994. The van der Waals surface area contributed by atoms with Crippen molar-refractivity contribution in [2.45, 2.75) is 25.9 Å². The molecular formula is C24H24N4O10. The number of benzene rings is 2. The lowest BCUT2D eigenvalue weighted by Gasteiger charge is -2.19. The summed E-state index contributed by atoms with van der Waals surface area (Å²) < 4.78 is 27.4. The Morgan fingerprint density at radius 2 is 1.95 bits per heavy atom. The van der Waals surface area contributed by atoms with Gasteiger partial charge in [0.2, 0.25) is 18.3 Å². The summed E-state index contributed by atoms with van der Waals surface area (Å²) in [6.45, 7) is 1.79. The number of nitrogens with zero attached hydrogens (tertiary/aromatic N) is 3. The Hall–Kier alpha value is -4.88. The third-order valence-electron chi connectivity index (χ3n) is 5.66. The van der Waals surface area contributed by atoms with Crippen LogP contribution in [-0.4, -0.2) is 62.4 Å². The molecule has 200 valence electrons. The lowest BCUT2D eigenvalue weighted by molar-refractivity contribution is -0.385. The van der Waals surface area contributed by atoms with Crippen LogP contribution >= 0.6 is 0 Å². The Morgan fingerprint density at radius 3 is 2.66 bits per heavy atom. The number of nitro benzene ring substituents is 1. The van der Waals surface area contributed by atoms with Gasteiger partial charge in [-0.2, -0.15) is 5.10 Å². The van der Waals surface area contributed by atoms with Gasteiger partial charge in [0, 0.05) is 30.0 Å². The molecule has 2 aromatic rings. The largest absolute Gasteiger partial charge is 0.492 e. The maximum atomic E-state index is 12.6. The predicted octanol–water partition coefficient (Wildman–Crippen LogP) is 2.36. The van der Waals surface area contributed by atoms with Crippen LogP contribution in [0.25, 0.3) is 0 Å². The van der Waals surface area contributed by atoms with Crippen LogP contribution < -0.4 is 24.4 Å². The first kappa shape index (κ1) is 26.2. The number of hydrazone groups is 1. The lowest BCUT2D eigenvalue weighted by atomic mass is 9.96. The fourth-order valence-corrected chi connectivity index (χ4v) is 4.03. The molecule has 38 heavy (non-hydrogen) atoms. The van der Waals surface area contributed by atoms with Gasteiger partial charge in [-0.15, -0.1) is 0 Å². The maximum Gasteiger partial charge on any atom is 0.356 e. The summed E-state index contributed by atoms with van der Waals surface area (Å²) in [6, 6.07) is 5.50. The minimum Gasteiger partial charge on any atom is -0.492 e. The van der Waals surface area contributed by atoms with Crippen molar-refractivity contribution in [1.29, 1.82) is 0 Å². The van der Waals surface area contributed by atoms with Crippen LogP contribution in [0.2, 0.25) is 0 Å². The first-order valence-corrected chi connectivity index (χ1v) is 11.4. The number of hydrogen-bond acceptors (Lipinski definition) is 12. The first-order valence-electron chi connectivity index (χ1n) is 11.4. The number of hydrogen-bond donors (Lipinski definition) is 1. The summed E-state index contributed by atoms with van der Waals surface area (Å²) in [7, 11) is 2.88. The average molecular weight is 528 g/mol. The first-order chi connectivity index (χ1) is 18.4. The number of rotatable bonds is 10. The number of amides is 1. The molecule has 14 heteroatoms. The molecule has 4 rings (SSSR count). The van der Waals surface area contributed by atoms with Crippen LogP contribution in [0.5, 0.6) is 23.0 Å². The normalized spacial score (nSPS) is 15.6. The monoisotopic (exact) mass is 528 g/mol. The molecule has 0 aromatic heterocycles. The highest BCUT2D eigenvalue weighted by atomic mass is 16.7. The van der Waals surface area contributed by atoms with Gasteiger partial charge >= 0.3 is 5.97 Å². The molecule has 2 aliphatic rings. The molecule has 1 atom stereocenters. The third-order valence-corrected chi connectivity index (χ3v) is 5.66. The van der Waals surface area contributed by atoms with Crippen molar-refractivity contribution in [2.75, 3.05) is 27.6 Å². The Kier molecular flexibility index (Phi) is 7.89. The highest BCUT2D eigenvalue weighted by Crippen LogP contribution is 2.52. The van der Waals surface area contributed by atoms with Gasteiger partial charge in [-0.05, 0) is 13.0 Å². The summed E-state index contributed by atoms with van der Waals surface area (Å²) in [5, 5.41) is 19.1.